The third kappa shape index (κ3) is 47.1. The van der Waals surface area contributed by atoms with E-state index in [9.17, 15) is 9.59 Å². The summed E-state index contributed by atoms with van der Waals surface area (Å²) >= 11 is 1.60. The van der Waals surface area contributed by atoms with Gasteiger partial charge < -0.3 is 15.9 Å². The van der Waals surface area contributed by atoms with Crippen LogP contribution in [-0.2, 0) is 20.0 Å². The number of aliphatic carboxylic acids is 2. The summed E-state index contributed by atoms with van der Waals surface area (Å²) < 4.78 is 31.6. The molecule has 0 radical (unpaired) electrons. The Labute approximate surface area is 115 Å². The largest absolute Gasteiger partial charge is 0.481 e. The molecule has 0 fully saturated rings. The lowest BCUT2D eigenvalue weighted by atomic mass is 10.2. The van der Waals surface area contributed by atoms with Crippen LogP contribution >= 0.6 is 11.8 Å². The molecular formula is C8H19NO8S2. The molecule has 0 saturated heterocycles. The molecule has 116 valence electrons. The van der Waals surface area contributed by atoms with Crippen molar-refractivity contribution in [2.75, 3.05) is 12.0 Å². The second-order valence-electron chi connectivity index (χ2n) is 2.92. The van der Waals surface area contributed by atoms with Crippen LogP contribution in [0.1, 0.15) is 19.8 Å². The van der Waals surface area contributed by atoms with Gasteiger partial charge >= 0.3 is 22.3 Å². The van der Waals surface area contributed by atoms with Crippen LogP contribution in [-0.4, -0.2) is 57.7 Å². The highest BCUT2D eigenvalue weighted by Crippen LogP contribution is 1.97. The number of carboxylic acids is 2. The van der Waals surface area contributed by atoms with Gasteiger partial charge in [-0.2, -0.15) is 20.2 Å². The Morgan fingerprint density at radius 3 is 1.74 bits per heavy atom. The monoisotopic (exact) mass is 321 g/mol. The highest BCUT2D eigenvalue weighted by Gasteiger charge is 2.08. The minimum atomic E-state index is -4.67. The molecule has 6 N–H and O–H groups in total. The lowest BCUT2D eigenvalue weighted by molar-refractivity contribution is -0.138. The molecule has 0 amide bonds. The van der Waals surface area contributed by atoms with Crippen LogP contribution < -0.4 is 5.73 Å². The highest BCUT2D eigenvalue weighted by atomic mass is 32.3. The molecule has 9 nitrogen and oxygen atoms in total. The molecule has 0 aromatic rings. The van der Waals surface area contributed by atoms with Crippen LogP contribution in [0, 0.1) is 0 Å². The molecule has 19 heavy (non-hydrogen) atoms. The van der Waals surface area contributed by atoms with E-state index in [0.29, 0.717) is 6.42 Å². The van der Waals surface area contributed by atoms with Crippen LogP contribution in [0.15, 0.2) is 0 Å². The molecule has 0 aliphatic carbocycles. The third-order valence-electron chi connectivity index (χ3n) is 1.25. The first kappa shape index (κ1) is 23.2. The van der Waals surface area contributed by atoms with Gasteiger partial charge in [0.05, 0.1) is 0 Å². The van der Waals surface area contributed by atoms with E-state index >= 15 is 0 Å². The number of thioether (sulfide) groups is 1. The van der Waals surface area contributed by atoms with Crippen molar-refractivity contribution in [3.63, 3.8) is 0 Å². The second-order valence-corrected chi connectivity index (χ2v) is 4.80. The topological polar surface area (TPSA) is 175 Å². The molecule has 0 aliphatic rings. The first-order valence-corrected chi connectivity index (χ1v) is 7.63. The number of rotatable bonds is 5. The SMILES string of the molecule is CCC(=O)O.CSCCC(N)C(=O)O.O=S(=O)(O)O. The van der Waals surface area contributed by atoms with Crippen LogP contribution in [0.4, 0.5) is 0 Å². The first-order chi connectivity index (χ1) is 8.45. The molecule has 11 heteroatoms. The Balaban J connectivity index is -0.000000219. The summed E-state index contributed by atoms with van der Waals surface area (Å²) in [6, 6.07) is -0.683. The van der Waals surface area contributed by atoms with Crippen molar-refractivity contribution in [2.24, 2.45) is 5.73 Å². The molecule has 0 aliphatic heterocycles. The van der Waals surface area contributed by atoms with Gasteiger partial charge in [0.25, 0.3) is 0 Å². The smallest absolute Gasteiger partial charge is 0.394 e. The standard InChI is InChI=1S/C5H11NO2S.C3H6O2.H2O4S/c1-9-3-2-4(6)5(7)8;1-2-3(4)5;1-5(2,3)4/h4H,2-3,6H2,1H3,(H,7,8);2H2,1H3,(H,4,5);(H2,1,2,3,4). The van der Waals surface area contributed by atoms with Gasteiger partial charge in [0, 0.05) is 6.42 Å². The Hall–Kier alpha value is -0.880. The maximum Gasteiger partial charge on any atom is 0.394 e. The van der Waals surface area contributed by atoms with Crippen LogP contribution in [0.25, 0.3) is 0 Å². The van der Waals surface area contributed by atoms with Gasteiger partial charge in [0.1, 0.15) is 6.04 Å². The summed E-state index contributed by atoms with van der Waals surface area (Å²) in [5.41, 5.74) is 5.19. The lowest BCUT2D eigenvalue weighted by Crippen LogP contribution is -2.30. The van der Waals surface area contributed by atoms with Crippen molar-refractivity contribution < 1.29 is 37.3 Å². The Morgan fingerprint density at radius 1 is 1.26 bits per heavy atom. The van der Waals surface area contributed by atoms with E-state index in [1.165, 1.54) is 0 Å². The second kappa shape index (κ2) is 13.5. The number of hydrogen-bond donors (Lipinski definition) is 5. The molecule has 0 rings (SSSR count). The van der Waals surface area contributed by atoms with Gasteiger partial charge in [-0.15, -0.1) is 0 Å². The van der Waals surface area contributed by atoms with Gasteiger partial charge in [0.2, 0.25) is 0 Å². The maximum atomic E-state index is 10.1. The fourth-order valence-corrected chi connectivity index (χ4v) is 0.858. The summed E-state index contributed by atoms with van der Waals surface area (Å²) in [5, 5.41) is 16.0. The van der Waals surface area contributed by atoms with Gasteiger partial charge in [0.15, 0.2) is 0 Å². The third-order valence-corrected chi connectivity index (χ3v) is 1.90. The zero-order valence-corrected chi connectivity index (χ0v) is 12.1. The van der Waals surface area contributed by atoms with Crippen molar-refractivity contribution in [2.45, 2.75) is 25.8 Å². The van der Waals surface area contributed by atoms with Gasteiger partial charge in [-0.3, -0.25) is 18.7 Å². The van der Waals surface area contributed by atoms with E-state index in [0.717, 1.165) is 5.75 Å². The molecule has 0 spiro atoms. The summed E-state index contributed by atoms with van der Waals surface area (Å²) in [5.74, 6) is -0.845. The molecular weight excluding hydrogens is 302 g/mol. The number of nitrogens with two attached hydrogens (primary N) is 1. The minimum Gasteiger partial charge on any atom is -0.481 e. The van der Waals surface area contributed by atoms with Crippen molar-refractivity contribution in [3.05, 3.63) is 0 Å². The zero-order chi connectivity index (χ0) is 16.1. The Bertz CT molecular complexity index is 335. The molecule has 0 aromatic carbocycles. The van der Waals surface area contributed by atoms with E-state index in [4.69, 9.17) is 33.5 Å². The molecule has 0 bridgehead atoms. The number of hydrogen-bond acceptors (Lipinski definition) is 6. The highest BCUT2D eigenvalue weighted by molar-refractivity contribution is 7.98. The zero-order valence-electron chi connectivity index (χ0n) is 10.5. The number of carbonyl (C=O) groups is 2. The molecule has 0 aromatic heterocycles. The molecule has 0 saturated carbocycles. The average Bonchev–Trinajstić information content (AvgIpc) is 2.24. The van der Waals surface area contributed by atoms with Gasteiger partial charge in [-0.1, -0.05) is 6.92 Å². The maximum absolute atomic E-state index is 10.1. The number of carboxylic acid groups (broad SMARTS) is 2. The van der Waals surface area contributed by atoms with Crippen molar-refractivity contribution in [1.82, 2.24) is 0 Å². The van der Waals surface area contributed by atoms with Crippen molar-refractivity contribution >= 4 is 34.1 Å². The Kier molecular flexibility index (Phi) is 16.6. The van der Waals surface area contributed by atoms with E-state index in [-0.39, 0.29) is 6.42 Å². The molecule has 0 heterocycles. The summed E-state index contributed by atoms with van der Waals surface area (Å²) in [4.78, 5) is 19.4. The summed E-state index contributed by atoms with van der Waals surface area (Å²) in [6.45, 7) is 1.60. The fraction of sp³-hybridized carbons (Fsp3) is 0.750. The fourth-order valence-electron chi connectivity index (χ4n) is 0.368. The minimum absolute atomic E-state index is 0.222. The van der Waals surface area contributed by atoms with E-state index in [1.54, 1.807) is 18.7 Å². The van der Waals surface area contributed by atoms with E-state index in [2.05, 4.69) is 0 Å². The predicted octanol–water partition coefficient (Wildman–Crippen LogP) is -0.0204. The van der Waals surface area contributed by atoms with Gasteiger partial charge in [-0.05, 0) is 18.4 Å². The normalized spacial score (nSPS) is 11.2. The summed E-state index contributed by atoms with van der Waals surface area (Å²) in [6.07, 6.45) is 2.70. The van der Waals surface area contributed by atoms with E-state index in [1.807, 2.05) is 6.26 Å². The molecule has 1 unspecified atom stereocenters. The quantitative estimate of drug-likeness (QED) is 0.432. The van der Waals surface area contributed by atoms with Crippen LogP contribution in [0.5, 0.6) is 0 Å². The predicted molar refractivity (Wildman–Crippen MR) is 70.7 cm³/mol. The van der Waals surface area contributed by atoms with Crippen molar-refractivity contribution in [1.29, 1.82) is 0 Å². The molecule has 1 atom stereocenters. The van der Waals surface area contributed by atoms with E-state index < -0.39 is 28.4 Å². The van der Waals surface area contributed by atoms with Gasteiger partial charge in [-0.25, -0.2) is 0 Å². The van der Waals surface area contributed by atoms with Crippen LogP contribution in [0.2, 0.25) is 0 Å². The van der Waals surface area contributed by atoms with Crippen LogP contribution in [0.3, 0.4) is 0 Å². The first-order valence-electron chi connectivity index (χ1n) is 4.84. The van der Waals surface area contributed by atoms with Crippen molar-refractivity contribution in [3.8, 4) is 0 Å². The average molecular weight is 321 g/mol. The summed E-state index contributed by atoms with van der Waals surface area (Å²) in [7, 11) is -4.67. The lowest BCUT2D eigenvalue weighted by Gasteiger charge is -2.02. The Morgan fingerprint density at radius 2 is 1.58 bits per heavy atom.